The Morgan fingerprint density at radius 1 is 1.14 bits per heavy atom. The van der Waals surface area contributed by atoms with Crippen LogP contribution in [0.4, 0.5) is 16.3 Å². The van der Waals surface area contributed by atoms with Crippen molar-refractivity contribution in [1.82, 2.24) is 10.1 Å². The lowest BCUT2D eigenvalue weighted by atomic mass is 10.2. The predicted molar refractivity (Wildman–Crippen MR) is 85.2 cm³/mol. The molecular formula is C16H20N4O2. The highest BCUT2D eigenvalue weighted by molar-refractivity contribution is 5.89. The summed E-state index contributed by atoms with van der Waals surface area (Å²) in [6, 6.07) is 9.67. The van der Waals surface area contributed by atoms with Crippen LogP contribution in [-0.4, -0.2) is 42.3 Å². The van der Waals surface area contributed by atoms with Gasteiger partial charge in [-0.25, -0.2) is 4.79 Å². The smallest absolute Gasteiger partial charge is 0.321 e. The molecule has 116 valence electrons. The standard InChI is InChI=1S/C16H20N4O2/c1-12-3-5-14(6-4-12)17-16(21)20-9-7-19(8-10-20)15-11-13(2)22-18-15/h3-6,11H,7-10H2,1-2H3,(H,17,21). The van der Waals surface area contributed by atoms with E-state index in [1.807, 2.05) is 49.1 Å². The van der Waals surface area contributed by atoms with E-state index in [0.29, 0.717) is 13.1 Å². The first-order valence-electron chi connectivity index (χ1n) is 7.43. The van der Waals surface area contributed by atoms with Gasteiger partial charge in [-0.05, 0) is 26.0 Å². The number of urea groups is 1. The van der Waals surface area contributed by atoms with Gasteiger partial charge in [-0.3, -0.25) is 0 Å². The van der Waals surface area contributed by atoms with Gasteiger partial charge in [0.15, 0.2) is 5.82 Å². The van der Waals surface area contributed by atoms with Crippen LogP contribution in [0.1, 0.15) is 11.3 Å². The summed E-state index contributed by atoms with van der Waals surface area (Å²) in [5.74, 6) is 1.64. The number of piperazine rings is 1. The van der Waals surface area contributed by atoms with E-state index in [4.69, 9.17) is 4.52 Å². The molecule has 22 heavy (non-hydrogen) atoms. The Kier molecular flexibility index (Phi) is 4.00. The van der Waals surface area contributed by atoms with E-state index in [-0.39, 0.29) is 6.03 Å². The van der Waals surface area contributed by atoms with Crippen molar-refractivity contribution in [3.05, 3.63) is 41.7 Å². The predicted octanol–water partition coefficient (Wildman–Crippen LogP) is 2.65. The van der Waals surface area contributed by atoms with Crippen LogP contribution in [0.5, 0.6) is 0 Å². The monoisotopic (exact) mass is 300 g/mol. The number of aromatic nitrogens is 1. The SMILES string of the molecule is Cc1ccc(NC(=O)N2CCN(c3cc(C)on3)CC2)cc1. The fourth-order valence-electron chi connectivity index (χ4n) is 2.48. The molecule has 1 aromatic heterocycles. The van der Waals surface area contributed by atoms with E-state index in [2.05, 4.69) is 15.4 Å². The molecular weight excluding hydrogens is 280 g/mol. The maximum absolute atomic E-state index is 12.3. The highest BCUT2D eigenvalue weighted by Gasteiger charge is 2.22. The van der Waals surface area contributed by atoms with Crippen molar-refractivity contribution in [2.45, 2.75) is 13.8 Å². The molecule has 0 atom stereocenters. The zero-order valence-electron chi connectivity index (χ0n) is 12.9. The van der Waals surface area contributed by atoms with Crippen LogP contribution in [-0.2, 0) is 0 Å². The van der Waals surface area contributed by atoms with Crippen molar-refractivity contribution in [3.63, 3.8) is 0 Å². The summed E-state index contributed by atoms with van der Waals surface area (Å²) >= 11 is 0. The third-order valence-corrected chi connectivity index (χ3v) is 3.81. The van der Waals surface area contributed by atoms with E-state index in [0.717, 1.165) is 30.4 Å². The summed E-state index contributed by atoms with van der Waals surface area (Å²) in [5.41, 5.74) is 2.00. The number of nitrogens with zero attached hydrogens (tertiary/aromatic N) is 3. The van der Waals surface area contributed by atoms with Gasteiger partial charge >= 0.3 is 6.03 Å². The molecule has 0 radical (unpaired) electrons. The number of carbonyl (C=O) groups is 1. The minimum Gasteiger partial charge on any atom is -0.360 e. The second-order valence-corrected chi connectivity index (χ2v) is 5.57. The molecule has 0 bridgehead atoms. The average molecular weight is 300 g/mol. The number of amides is 2. The Balaban J connectivity index is 1.54. The number of carbonyl (C=O) groups excluding carboxylic acids is 1. The Hall–Kier alpha value is -2.50. The fraction of sp³-hybridized carbons (Fsp3) is 0.375. The summed E-state index contributed by atoms with van der Waals surface area (Å²) < 4.78 is 5.10. The van der Waals surface area contributed by atoms with Crippen molar-refractivity contribution < 1.29 is 9.32 Å². The molecule has 1 N–H and O–H groups in total. The topological polar surface area (TPSA) is 61.6 Å². The summed E-state index contributed by atoms with van der Waals surface area (Å²) in [4.78, 5) is 16.2. The first-order chi connectivity index (χ1) is 10.6. The zero-order chi connectivity index (χ0) is 15.5. The fourth-order valence-corrected chi connectivity index (χ4v) is 2.48. The molecule has 0 aliphatic carbocycles. The Morgan fingerprint density at radius 3 is 2.41 bits per heavy atom. The Labute approximate surface area is 129 Å². The van der Waals surface area contributed by atoms with Gasteiger partial charge in [0.2, 0.25) is 0 Å². The van der Waals surface area contributed by atoms with Crippen LogP contribution < -0.4 is 10.2 Å². The van der Waals surface area contributed by atoms with E-state index < -0.39 is 0 Å². The van der Waals surface area contributed by atoms with Crippen LogP contribution in [0.25, 0.3) is 0 Å². The number of nitrogens with one attached hydrogen (secondary N) is 1. The van der Waals surface area contributed by atoms with Crippen molar-refractivity contribution in [3.8, 4) is 0 Å². The summed E-state index contributed by atoms with van der Waals surface area (Å²) in [7, 11) is 0. The van der Waals surface area contributed by atoms with E-state index >= 15 is 0 Å². The normalized spacial score (nSPS) is 15.0. The molecule has 1 aliphatic rings. The van der Waals surface area contributed by atoms with Gasteiger partial charge in [0.25, 0.3) is 0 Å². The van der Waals surface area contributed by atoms with Crippen LogP contribution in [0.3, 0.4) is 0 Å². The molecule has 1 aliphatic heterocycles. The van der Waals surface area contributed by atoms with Crippen molar-refractivity contribution in [1.29, 1.82) is 0 Å². The van der Waals surface area contributed by atoms with Crippen LogP contribution >= 0.6 is 0 Å². The largest absolute Gasteiger partial charge is 0.360 e. The number of benzene rings is 1. The molecule has 2 amide bonds. The molecule has 6 heteroatoms. The van der Waals surface area contributed by atoms with Gasteiger partial charge in [-0.1, -0.05) is 22.9 Å². The van der Waals surface area contributed by atoms with Crippen LogP contribution in [0.2, 0.25) is 0 Å². The molecule has 0 saturated carbocycles. The highest BCUT2D eigenvalue weighted by atomic mass is 16.5. The average Bonchev–Trinajstić information content (AvgIpc) is 2.96. The molecule has 1 aromatic carbocycles. The molecule has 3 rings (SSSR count). The minimum atomic E-state index is -0.0557. The zero-order valence-corrected chi connectivity index (χ0v) is 12.9. The number of hydrogen-bond acceptors (Lipinski definition) is 4. The molecule has 1 fully saturated rings. The van der Waals surface area contributed by atoms with Crippen LogP contribution in [0.15, 0.2) is 34.9 Å². The summed E-state index contributed by atoms with van der Waals surface area (Å²) in [5, 5.41) is 6.95. The maximum Gasteiger partial charge on any atom is 0.321 e. The van der Waals surface area contributed by atoms with Crippen molar-refractivity contribution >= 4 is 17.5 Å². The molecule has 0 spiro atoms. The minimum absolute atomic E-state index is 0.0557. The number of anilines is 2. The van der Waals surface area contributed by atoms with Gasteiger partial charge in [0.05, 0.1) is 0 Å². The molecule has 2 heterocycles. The van der Waals surface area contributed by atoms with E-state index in [1.54, 1.807) is 0 Å². The number of rotatable bonds is 2. The van der Waals surface area contributed by atoms with Gasteiger partial charge in [0.1, 0.15) is 5.76 Å². The lowest BCUT2D eigenvalue weighted by Crippen LogP contribution is -2.50. The van der Waals surface area contributed by atoms with Gasteiger partial charge in [-0.2, -0.15) is 0 Å². The Bertz CT molecular complexity index is 642. The third-order valence-electron chi connectivity index (χ3n) is 3.81. The van der Waals surface area contributed by atoms with Crippen molar-refractivity contribution in [2.24, 2.45) is 0 Å². The summed E-state index contributed by atoms with van der Waals surface area (Å²) in [6.45, 7) is 6.76. The van der Waals surface area contributed by atoms with E-state index in [1.165, 1.54) is 5.56 Å². The summed E-state index contributed by atoms with van der Waals surface area (Å²) in [6.07, 6.45) is 0. The molecule has 0 unspecified atom stereocenters. The second kappa shape index (κ2) is 6.09. The lowest BCUT2D eigenvalue weighted by molar-refractivity contribution is 0.208. The molecule has 2 aromatic rings. The maximum atomic E-state index is 12.3. The first-order valence-corrected chi connectivity index (χ1v) is 7.43. The van der Waals surface area contributed by atoms with Gasteiger partial charge in [0, 0.05) is 37.9 Å². The highest BCUT2D eigenvalue weighted by Crippen LogP contribution is 2.16. The van der Waals surface area contributed by atoms with Crippen molar-refractivity contribution in [2.75, 3.05) is 36.4 Å². The number of hydrogen-bond donors (Lipinski definition) is 1. The molecule has 1 saturated heterocycles. The van der Waals surface area contributed by atoms with Gasteiger partial charge < -0.3 is 19.6 Å². The first kappa shape index (κ1) is 14.4. The van der Waals surface area contributed by atoms with Gasteiger partial charge in [-0.15, -0.1) is 0 Å². The van der Waals surface area contributed by atoms with Crippen LogP contribution in [0, 0.1) is 13.8 Å². The quantitative estimate of drug-likeness (QED) is 0.926. The Morgan fingerprint density at radius 2 is 1.82 bits per heavy atom. The second-order valence-electron chi connectivity index (χ2n) is 5.57. The number of aryl methyl sites for hydroxylation is 2. The third kappa shape index (κ3) is 3.21. The van der Waals surface area contributed by atoms with E-state index in [9.17, 15) is 4.79 Å². The molecule has 6 nitrogen and oxygen atoms in total. The lowest BCUT2D eigenvalue weighted by Gasteiger charge is -2.34.